The Morgan fingerprint density at radius 1 is 1.15 bits per heavy atom. The fourth-order valence-electron chi connectivity index (χ4n) is 3.31. The Balaban J connectivity index is 1.58. The van der Waals surface area contributed by atoms with Crippen molar-refractivity contribution in [2.45, 2.75) is 19.6 Å². The molecular formula is C20H18N2O4. The summed E-state index contributed by atoms with van der Waals surface area (Å²) in [6.07, 6.45) is -0.284. The van der Waals surface area contributed by atoms with Crippen molar-refractivity contribution in [3.05, 3.63) is 70.9 Å². The highest BCUT2D eigenvalue weighted by Gasteiger charge is 2.24. The molecule has 0 unspecified atom stereocenters. The second-order valence-electron chi connectivity index (χ2n) is 6.36. The summed E-state index contributed by atoms with van der Waals surface area (Å²) in [4.78, 5) is 28.4. The van der Waals surface area contributed by atoms with Gasteiger partial charge in [0.15, 0.2) is 0 Å². The van der Waals surface area contributed by atoms with Gasteiger partial charge < -0.3 is 19.7 Å². The van der Waals surface area contributed by atoms with Gasteiger partial charge in [-0.3, -0.25) is 0 Å². The van der Waals surface area contributed by atoms with Gasteiger partial charge in [0.1, 0.15) is 6.61 Å². The molecule has 0 bridgehead atoms. The van der Waals surface area contributed by atoms with Crippen LogP contribution in [-0.4, -0.2) is 33.6 Å². The maximum absolute atomic E-state index is 12.4. The number of hydrogen-bond donors (Lipinski definition) is 2. The minimum Gasteiger partial charge on any atom is -0.465 e. The van der Waals surface area contributed by atoms with E-state index in [0.717, 1.165) is 27.7 Å². The fourth-order valence-corrected chi connectivity index (χ4v) is 3.31. The lowest BCUT2D eigenvalue weighted by Gasteiger charge is -2.24. The Labute approximate surface area is 150 Å². The summed E-state index contributed by atoms with van der Waals surface area (Å²) < 4.78 is 5.39. The number of carbonyl (C=O) groups is 2. The molecule has 0 spiro atoms. The first-order chi connectivity index (χ1) is 12.6. The van der Waals surface area contributed by atoms with E-state index in [0.29, 0.717) is 25.1 Å². The number of H-pyrrole nitrogens is 1. The zero-order valence-corrected chi connectivity index (χ0v) is 14.1. The van der Waals surface area contributed by atoms with Crippen molar-refractivity contribution in [3.8, 4) is 0 Å². The van der Waals surface area contributed by atoms with Gasteiger partial charge in [0.25, 0.3) is 0 Å². The first-order valence-corrected chi connectivity index (χ1v) is 8.44. The van der Waals surface area contributed by atoms with E-state index < -0.39 is 12.1 Å². The van der Waals surface area contributed by atoms with Crippen LogP contribution in [0.1, 0.15) is 27.2 Å². The second-order valence-corrected chi connectivity index (χ2v) is 6.36. The molecule has 0 atom stereocenters. The predicted octanol–water partition coefficient (Wildman–Crippen LogP) is 3.56. The molecule has 0 saturated heterocycles. The summed E-state index contributed by atoms with van der Waals surface area (Å²) in [6, 6.07) is 14.9. The van der Waals surface area contributed by atoms with Crippen LogP contribution in [0.3, 0.4) is 0 Å². The van der Waals surface area contributed by atoms with Crippen LogP contribution in [0.2, 0.25) is 0 Å². The average molecular weight is 350 g/mol. The Bertz CT molecular complexity index is 978. The molecule has 0 aliphatic carbocycles. The molecule has 4 rings (SSSR count). The average Bonchev–Trinajstić information content (AvgIpc) is 3.04. The van der Waals surface area contributed by atoms with Crippen LogP contribution in [0.4, 0.5) is 4.79 Å². The SMILES string of the molecule is O=C(OCc1ccccc1)c1ccc2[nH]c3c(c2c1)CN(C(=O)O)CC3. The smallest absolute Gasteiger partial charge is 0.407 e. The lowest BCUT2D eigenvalue weighted by molar-refractivity contribution is 0.0473. The highest BCUT2D eigenvalue weighted by molar-refractivity contribution is 5.96. The summed E-state index contributed by atoms with van der Waals surface area (Å²) in [5, 5.41) is 10.1. The molecule has 0 fully saturated rings. The number of benzene rings is 2. The molecule has 6 nitrogen and oxygen atoms in total. The number of aromatic nitrogens is 1. The Morgan fingerprint density at radius 2 is 1.96 bits per heavy atom. The Kier molecular flexibility index (Phi) is 4.08. The van der Waals surface area contributed by atoms with E-state index in [1.807, 2.05) is 36.4 Å². The lowest BCUT2D eigenvalue weighted by Crippen LogP contribution is -2.34. The Morgan fingerprint density at radius 3 is 2.73 bits per heavy atom. The van der Waals surface area contributed by atoms with E-state index in [1.165, 1.54) is 4.90 Å². The van der Waals surface area contributed by atoms with Crippen molar-refractivity contribution < 1.29 is 19.4 Å². The standard InChI is InChI=1S/C20H18N2O4/c23-19(26-12-13-4-2-1-3-5-13)14-6-7-17-15(10-14)16-11-22(20(24)25)9-8-18(16)21-17/h1-7,10,21H,8-9,11-12H2,(H,24,25). The van der Waals surface area contributed by atoms with Crippen molar-refractivity contribution in [1.82, 2.24) is 9.88 Å². The normalized spacial score (nSPS) is 13.5. The number of carbonyl (C=O) groups excluding carboxylic acids is 1. The highest BCUT2D eigenvalue weighted by Crippen LogP contribution is 2.28. The zero-order valence-electron chi connectivity index (χ0n) is 14.1. The largest absolute Gasteiger partial charge is 0.465 e. The molecule has 0 radical (unpaired) electrons. The van der Waals surface area contributed by atoms with Gasteiger partial charge in [0.2, 0.25) is 0 Å². The molecular weight excluding hydrogens is 332 g/mol. The first kappa shape index (κ1) is 16.2. The molecule has 1 amide bonds. The van der Waals surface area contributed by atoms with Gasteiger partial charge in [0.05, 0.1) is 12.1 Å². The molecule has 1 aliphatic rings. The van der Waals surface area contributed by atoms with Gasteiger partial charge in [-0.15, -0.1) is 0 Å². The van der Waals surface area contributed by atoms with Crippen molar-refractivity contribution in [3.63, 3.8) is 0 Å². The maximum atomic E-state index is 12.4. The second kappa shape index (κ2) is 6.55. The molecule has 132 valence electrons. The van der Waals surface area contributed by atoms with Crippen molar-refractivity contribution in [1.29, 1.82) is 0 Å². The number of nitrogens with one attached hydrogen (secondary N) is 1. The van der Waals surface area contributed by atoms with Gasteiger partial charge in [-0.05, 0) is 23.8 Å². The van der Waals surface area contributed by atoms with E-state index >= 15 is 0 Å². The summed E-state index contributed by atoms with van der Waals surface area (Å²) in [7, 11) is 0. The molecule has 1 aromatic heterocycles. The molecule has 2 N–H and O–H groups in total. The number of ether oxygens (including phenoxy) is 1. The van der Waals surface area contributed by atoms with E-state index in [-0.39, 0.29) is 6.61 Å². The number of carboxylic acid groups (broad SMARTS) is 1. The third-order valence-electron chi connectivity index (χ3n) is 4.69. The third kappa shape index (κ3) is 3.01. The van der Waals surface area contributed by atoms with Crippen LogP contribution in [0.5, 0.6) is 0 Å². The number of nitrogens with zero attached hydrogens (tertiary/aromatic N) is 1. The van der Waals surface area contributed by atoms with Crippen LogP contribution < -0.4 is 0 Å². The van der Waals surface area contributed by atoms with Crippen LogP contribution in [0.15, 0.2) is 48.5 Å². The number of hydrogen-bond acceptors (Lipinski definition) is 3. The Hall–Kier alpha value is -3.28. The van der Waals surface area contributed by atoms with Gasteiger partial charge in [-0.25, -0.2) is 9.59 Å². The number of amides is 1. The number of aromatic amines is 1. The third-order valence-corrected chi connectivity index (χ3v) is 4.69. The van der Waals surface area contributed by atoms with E-state index in [4.69, 9.17) is 4.74 Å². The van der Waals surface area contributed by atoms with Crippen molar-refractivity contribution in [2.75, 3.05) is 6.54 Å². The molecule has 1 aliphatic heterocycles. The molecule has 26 heavy (non-hydrogen) atoms. The zero-order chi connectivity index (χ0) is 18.1. The van der Waals surface area contributed by atoms with Crippen LogP contribution in [-0.2, 0) is 24.3 Å². The van der Waals surface area contributed by atoms with Crippen molar-refractivity contribution >= 4 is 23.0 Å². The first-order valence-electron chi connectivity index (χ1n) is 8.44. The van der Waals surface area contributed by atoms with Gasteiger partial charge in [0, 0.05) is 35.1 Å². The van der Waals surface area contributed by atoms with E-state index in [2.05, 4.69) is 4.98 Å². The number of esters is 1. The monoisotopic (exact) mass is 350 g/mol. The van der Waals surface area contributed by atoms with Gasteiger partial charge in [-0.1, -0.05) is 30.3 Å². The minimum absolute atomic E-state index is 0.218. The van der Waals surface area contributed by atoms with Crippen LogP contribution >= 0.6 is 0 Å². The molecule has 2 aromatic carbocycles. The predicted molar refractivity (Wildman–Crippen MR) is 96.0 cm³/mol. The minimum atomic E-state index is -0.927. The summed E-state index contributed by atoms with van der Waals surface area (Å²) >= 11 is 0. The molecule has 2 heterocycles. The molecule has 6 heteroatoms. The topological polar surface area (TPSA) is 82.6 Å². The van der Waals surface area contributed by atoms with E-state index in [1.54, 1.807) is 12.1 Å². The summed E-state index contributed by atoms with van der Waals surface area (Å²) in [5.74, 6) is -0.392. The molecule has 3 aromatic rings. The summed E-state index contributed by atoms with van der Waals surface area (Å²) in [6.45, 7) is 1.02. The summed E-state index contributed by atoms with van der Waals surface area (Å²) in [5.41, 5.74) is 4.27. The maximum Gasteiger partial charge on any atom is 0.407 e. The lowest BCUT2D eigenvalue weighted by atomic mass is 10.0. The number of fused-ring (bicyclic) bond motifs is 3. The highest BCUT2D eigenvalue weighted by atomic mass is 16.5. The van der Waals surface area contributed by atoms with Crippen molar-refractivity contribution in [2.24, 2.45) is 0 Å². The van der Waals surface area contributed by atoms with Crippen LogP contribution in [0.25, 0.3) is 10.9 Å². The van der Waals surface area contributed by atoms with Gasteiger partial charge >= 0.3 is 12.1 Å². The quantitative estimate of drug-likeness (QED) is 0.708. The van der Waals surface area contributed by atoms with E-state index in [9.17, 15) is 14.7 Å². The number of rotatable bonds is 3. The van der Waals surface area contributed by atoms with Gasteiger partial charge in [-0.2, -0.15) is 0 Å². The van der Waals surface area contributed by atoms with Crippen LogP contribution in [0, 0.1) is 0 Å². The molecule has 0 saturated carbocycles. The fraction of sp³-hybridized carbons (Fsp3) is 0.200.